The summed E-state index contributed by atoms with van der Waals surface area (Å²) >= 11 is 0. The second-order valence-corrected chi connectivity index (χ2v) is 4.08. The molecule has 0 saturated carbocycles. The van der Waals surface area contributed by atoms with Crippen LogP contribution in [0.4, 0.5) is 10.1 Å². The third kappa shape index (κ3) is 2.67. The lowest BCUT2D eigenvalue weighted by Crippen LogP contribution is -2.09. The zero-order valence-electron chi connectivity index (χ0n) is 10.0. The Morgan fingerprint density at radius 3 is 2.56 bits per heavy atom. The van der Waals surface area contributed by atoms with Crippen LogP contribution in [-0.2, 0) is 0 Å². The summed E-state index contributed by atoms with van der Waals surface area (Å²) in [6, 6.07) is 15.6. The standard InChI is InChI=1S/C15H13FN2/c1-11-7-8-13(16)9-14(11)18-15(10-17)12-5-3-2-4-6-12/h2-9,15,18H,1H3/t15-/m1/s1. The predicted molar refractivity (Wildman–Crippen MR) is 69.6 cm³/mol. The highest BCUT2D eigenvalue weighted by Crippen LogP contribution is 2.22. The molecule has 2 aromatic carbocycles. The number of benzene rings is 2. The van der Waals surface area contributed by atoms with E-state index in [0.29, 0.717) is 5.69 Å². The van der Waals surface area contributed by atoms with E-state index in [1.807, 2.05) is 37.3 Å². The van der Waals surface area contributed by atoms with Crippen molar-refractivity contribution in [1.82, 2.24) is 0 Å². The fourth-order valence-corrected chi connectivity index (χ4v) is 1.74. The smallest absolute Gasteiger partial charge is 0.140 e. The minimum absolute atomic E-state index is 0.312. The van der Waals surface area contributed by atoms with E-state index in [1.54, 1.807) is 6.07 Å². The molecule has 90 valence electrons. The molecule has 0 amide bonds. The van der Waals surface area contributed by atoms with Crippen LogP contribution in [0.5, 0.6) is 0 Å². The van der Waals surface area contributed by atoms with Crippen molar-refractivity contribution >= 4 is 5.69 Å². The Kier molecular flexibility index (Phi) is 3.59. The van der Waals surface area contributed by atoms with E-state index in [9.17, 15) is 9.65 Å². The number of rotatable bonds is 3. The van der Waals surface area contributed by atoms with Crippen LogP contribution in [0.15, 0.2) is 48.5 Å². The largest absolute Gasteiger partial charge is 0.366 e. The van der Waals surface area contributed by atoms with Gasteiger partial charge in [-0.05, 0) is 30.2 Å². The van der Waals surface area contributed by atoms with Gasteiger partial charge in [0.15, 0.2) is 0 Å². The molecule has 0 aliphatic carbocycles. The molecule has 2 rings (SSSR count). The Morgan fingerprint density at radius 2 is 1.89 bits per heavy atom. The monoisotopic (exact) mass is 240 g/mol. The third-order valence-corrected chi connectivity index (χ3v) is 2.76. The second-order valence-electron chi connectivity index (χ2n) is 4.08. The van der Waals surface area contributed by atoms with Gasteiger partial charge in [-0.15, -0.1) is 0 Å². The van der Waals surface area contributed by atoms with E-state index < -0.39 is 6.04 Å². The van der Waals surface area contributed by atoms with E-state index in [-0.39, 0.29) is 5.82 Å². The molecule has 2 aromatic rings. The van der Waals surface area contributed by atoms with E-state index >= 15 is 0 Å². The molecule has 0 aliphatic rings. The lowest BCUT2D eigenvalue weighted by Gasteiger charge is -2.15. The van der Waals surface area contributed by atoms with Crippen molar-refractivity contribution < 1.29 is 4.39 Å². The second kappa shape index (κ2) is 5.33. The molecule has 0 spiro atoms. The van der Waals surface area contributed by atoms with Gasteiger partial charge in [0.05, 0.1) is 6.07 Å². The first-order chi connectivity index (χ1) is 8.70. The number of aryl methyl sites for hydroxylation is 1. The number of halogens is 1. The minimum Gasteiger partial charge on any atom is -0.366 e. The van der Waals surface area contributed by atoms with Gasteiger partial charge >= 0.3 is 0 Å². The average Bonchev–Trinajstić information content (AvgIpc) is 2.41. The molecule has 1 N–H and O–H groups in total. The van der Waals surface area contributed by atoms with Gasteiger partial charge in [-0.3, -0.25) is 0 Å². The minimum atomic E-state index is -0.480. The first-order valence-corrected chi connectivity index (χ1v) is 5.68. The number of hydrogen-bond donors (Lipinski definition) is 1. The van der Waals surface area contributed by atoms with Gasteiger partial charge in [0.2, 0.25) is 0 Å². The fourth-order valence-electron chi connectivity index (χ4n) is 1.74. The SMILES string of the molecule is Cc1ccc(F)cc1N[C@H](C#N)c1ccccc1. The van der Waals surface area contributed by atoms with Crippen molar-refractivity contribution in [3.05, 3.63) is 65.5 Å². The van der Waals surface area contributed by atoms with Crippen molar-refractivity contribution in [3.63, 3.8) is 0 Å². The highest BCUT2D eigenvalue weighted by Gasteiger charge is 2.11. The van der Waals surface area contributed by atoms with E-state index in [0.717, 1.165) is 11.1 Å². The Bertz CT molecular complexity index is 573. The van der Waals surface area contributed by atoms with Crippen molar-refractivity contribution in [2.24, 2.45) is 0 Å². The number of nitrogens with one attached hydrogen (secondary N) is 1. The first-order valence-electron chi connectivity index (χ1n) is 5.68. The maximum atomic E-state index is 13.2. The van der Waals surface area contributed by atoms with Crippen LogP contribution in [0.1, 0.15) is 17.2 Å². The van der Waals surface area contributed by atoms with Gasteiger partial charge in [-0.2, -0.15) is 5.26 Å². The number of hydrogen-bond acceptors (Lipinski definition) is 2. The Balaban J connectivity index is 2.27. The Hall–Kier alpha value is -2.34. The molecule has 0 bridgehead atoms. The van der Waals surface area contributed by atoms with Gasteiger partial charge in [-0.25, -0.2) is 4.39 Å². The maximum absolute atomic E-state index is 13.2. The molecule has 0 aromatic heterocycles. The highest BCUT2D eigenvalue weighted by molar-refractivity contribution is 5.53. The molecule has 0 heterocycles. The summed E-state index contributed by atoms with van der Waals surface area (Å²) in [5, 5.41) is 12.2. The van der Waals surface area contributed by atoms with Gasteiger partial charge < -0.3 is 5.32 Å². The summed E-state index contributed by atoms with van der Waals surface area (Å²) < 4.78 is 13.2. The topological polar surface area (TPSA) is 35.8 Å². The molecule has 0 saturated heterocycles. The molecule has 1 atom stereocenters. The van der Waals surface area contributed by atoms with Crippen molar-refractivity contribution in [2.45, 2.75) is 13.0 Å². The normalized spacial score (nSPS) is 11.6. The van der Waals surface area contributed by atoms with Crippen molar-refractivity contribution in [3.8, 4) is 6.07 Å². The van der Waals surface area contributed by atoms with Crippen LogP contribution in [0, 0.1) is 24.1 Å². The third-order valence-electron chi connectivity index (χ3n) is 2.76. The molecule has 3 heteroatoms. The van der Waals surface area contributed by atoms with Gasteiger partial charge in [-0.1, -0.05) is 36.4 Å². The highest BCUT2D eigenvalue weighted by atomic mass is 19.1. The lowest BCUT2D eigenvalue weighted by atomic mass is 10.1. The summed E-state index contributed by atoms with van der Waals surface area (Å²) in [4.78, 5) is 0. The molecule has 0 aliphatic heterocycles. The molecular formula is C15H13FN2. The first kappa shape index (κ1) is 12.1. The maximum Gasteiger partial charge on any atom is 0.140 e. The zero-order chi connectivity index (χ0) is 13.0. The molecule has 0 radical (unpaired) electrons. The molecule has 2 nitrogen and oxygen atoms in total. The molecule has 0 unspecified atom stereocenters. The summed E-state index contributed by atoms with van der Waals surface area (Å²) in [7, 11) is 0. The average molecular weight is 240 g/mol. The zero-order valence-corrected chi connectivity index (χ0v) is 10.0. The van der Waals surface area contributed by atoms with E-state index in [2.05, 4.69) is 11.4 Å². The summed E-state index contributed by atoms with van der Waals surface area (Å²) in [6.07, 6.45) is 0. The van der Waals surface area contributed by atoms with Crippen LogP contribution in [0.2, 0.25) is 0 Å². The predicted octanol–water partition coefficient (Wildman–Crippen LogP) is 3.81. The van der Waals surface area contributed by atoms with Crippen LogP contribution >= 0.6 is 0 Å². The lowest BCUT2D eigenvalue weighted by molar-refractivity contribution is 0.627. The van der Waals surface area contributed by atoms with Gasteiger partial charge in [0.1, 0.15) is 11.9 Å². The molecule has 0 fully saturated rings. The van der Waals surface area contributed by atoms with Crippen LogP contribution in [0.25, 0.3) is 0 Å². The summed E-state index contributed by atoms with van der Waals surface area (Å²) in [6.45, 7) is 1.88. The molecular weight excluding hydrogens is 227 g/mol. The number of nitriles is 1. The fraction of sp³-hybridized carbons (Fsp3) is 0.133. The van der Waals surface area contributed by atoms with Gasteiger partial charge in [0, 0.05) is 5.69 Å². The van der Waals surface area contributed by atoms with Crippen molar-refractivity contribution in [1.29, 1.82) is 5.26 Å². The van der Waals surface area contributed by atoms with Crippen LogP contribution in [0.3, 0.4) is 0 Å². The van der Waals surface area contributed by atoms with Crippen molar-refractivity contribution in [2.75, 3.05) is 5.32 Å². The Morgan fingerprint density at radius 1 is 1.17 bits per heavy atom. The van der Waals surface area contributed by atoms with Gasteiger partial charge in [0.25, 0.3) is 0 Å². The quantitative estimate of drug-likeness (QED) is 0.885. The summed E-state index contributed by atoms with van der Waals surface area (Å²) in [5.74, 6) is -0.312. The van der Waals surface area contributed by atoms with Crippen LogP contribution in [-0.4, -0.2) is 0 Å². The number of nitrogens with zero attached hydrogens (tertiary/aromatic N) is 1. The molecule has 18 heavy (non-hydrogen) atoms. The summed E-state index contributed by atoms with van der Waals surface area (Å²) in [5.41, 5.74) is 2.42. The van der Waals surface area contributed by atoms with E-state index in [1.165, 1.54) is 12.1 Å². The number of anilines is 1. The van der Waals surface area contributed by atoms with E-state index in [4.69, 9.17) is 0 Å². The van der Waals surface area contributed by atoms with Crippen LogP contribution < -0.4 is 5.32 Å². The Labute approximate surface area is 106 Å².